The number of H-pyrrole nitrogens is 1. The standard InChI is InChI=1S/C12H12N2O3/c1-17-12(16)8-5-9(14-7-8)6-10-11(15)3-2-4-13-10/h2-5,7,14-15H,6H2,1H3. The highest BCUT2D eigenvalue weighted by Gasteiger charge is 2.10. The first kappa shape index (κ1) is 11.2. The molecule has 0 aromatic carbocycles. The van der Waals surface area contributed by atoms with Crippen molar-refractivity contribution in [2.75, 3.05) is 7.11 Å². The van der Waals surface area contributed by atoms with Crippen molar-refractivity contribution >= 4 is 5.97 Å². The second-order valence-electron chi connectivity index (χ2n) is 3.55. The molecule has 0 atom stereocenters. The number of hydrogen-bond acceptors (Lipinski definition) is 4. The first-order valence-corrected chi connectivity index (χ1v) is 5.09. The molecule has 0 saturated heterocycles. The number of ether oxygens (including phenoxy) is 1. The first-order chi connectivity index (χ1) is 8.20. The van der Waals surface area contributed by atoms with Crippen LogP contribution in [0.15, 0.2) is 30.6 Å². The summed E-state index contributed by atoms with van der Waals surface area (Å²) in [6.07, 6.45) is 3.62. The van der Waals surface area contributed by atoms with Gasteiger partial charge in [0.1, 0.15) is 5.75 Å². The van der Waals surface area contributed by atoms with Gasteiger partial charge >= 0.3 is 5.97 Å². The second-order valence-corrected chi connectivity index (χ2v) is 3.55. The minimum atomic E-state index is -0.391. The van der Waals surface area contributed by atoms with E-state index in [0.717, 1.165) is 5.69 Å². The Balaban J connectivity index is 2.17. The third kappa shape index (κ3) is 2.44. The number of nitrogens with one attached hydrogen (secondary N) is 1. The summed E-state index contributed by atoms with van der Waals surface area (Å²) in [5.74, 6) is -0.250. The van der Waals surface area contributed by atoms with Gasteiger partial charge in [0.2, 0.25) is 0 Å². The maximum absolute atomic E-state index is 11.2. The van der Waals surface area contributed by atoms with E-state index in [1.807, 2.05) is 0 Å². The van der Waals surface area contributed by atoms with Gasteiger partial charge in [0.15, 0.2) is 0 Å². The van der Waals surface area contributed by atoms with Crippen molar-refractivity contribution in [3.63, 3.8) is 0 Å². The average Bonchev–Trinajstić information content (AvgIpc) is 2.80. The number of esters is 1. The lowest BCUT2D eigenvalue weighted by atomic mass is 10.2. The zero-order valence-corrected chi connectivity index (χ0v) is 9.30. The van der Waals surface area contributed by atoms with Gasteiger partial charge in [-0.05, 0) is 18.2 Å². The van der Waals surface area contributed by atoms with Crippen molar-refractivity contribution in [2.45, 2.75) is 6.42 Å². The van der Waals surface area contributed by atoms with E-state index in [-0.39, 0.29) is 5.75 Å². The van der Waals surface area contributed by atoms with E-state index in [4.69, 9.17) is 0 Å². The second kappa shape index (κ2) is 4.69. The van der Waals surface area contributed by atoms with E-state index in [1.165, 1.54) is 7.11 Å². The lowest BCUT2D eigenvalue weighted by Crippen LogP contribution is -1.98. The Labute approximate surface area is 98.1 Å². The SMILES string of the molecule is COC(=O)c1c[nH]c(Cc2ncccc2O)c1. The summed E-state index contributed by atoms with van der Waals surface area (Å²) in [6, 6.07) is 4.92. The first-order valence-electron chi connectivity index (χ1n) is 5.09. The fraction of sp³-hybridized carbons (Fsp3) is 0.167. The van der Waals surface area contributed by atoms with Gasteiger partial charge < -0.3 is 14.8 Å². The van der Waals surface area contributed by atoms with Crippen LogP contribution in [0.2, 0.25) is 0 Å². The maximum Gasteiger partial charge on any atom is 0.339 e. The smallest absolute Gasteiger partial charge is 0.339 e. The van der Waals surface area contributed by atoms with Crippen molar-refractivity contribution in [3.8, 4) is 5.75 Å². The molecule has 2 N–H and O–H groups in total. The molecule has 2 heterocycles. The van der Waals surface area contributed by atoms with Gasteiger partial charge in [-0.3, -0.25) is 4.98 Å². The van der Waals surface area contributed by atoms with Gasteiger partial charge in [-0.15, -0.1) is 0 Å². The third-order valence-electron chi connectivity index (χ3n) is 2.39. The summed E-state index contributed by atoms with van der Waals surface area (Å²) >= 11 is 0. The Morgan fingerprint density at radius 3 is 3.12 bits per heavy atom. The fourth-order valence-corrected chi connectivity index (χ4v) is 1.53. The number of methoxy groups -OCH3 is 1. The largest absolute Gasteiger partial charge is 0.506 e. The molecule has 88 valence electrons. The van der Waals surface area contributed by atoms with Crippen LogP contribution in [-0.2, 0) is 11.2 Å². The molecule has 0 radical (unpaired) electrons. The number of aromatic nitrogens is 2. The third-order valence-corrected chi connectivity index (χ3v) is 2.39. The number of pyridine rings is 1. The number of aromatic hydroxyl groups is 1. The molecule has 0 saturated carbocycles. The van der Waals surface area contributed by atoms with Crippen LogP contribution in [0.3, 0.4) is 0 Å². The highest BCUT2D eigenvalue weighted by molar-refractivity contribution is 5.89. The molecule has 0 aliphatic heterocycles. The van der Waals surface area contributed by atoms with Crippen LogP contribution < -0.4 is 0 Å². The topological polar surface area (TPSA) is 75.2 Å². The van der Waals surface area contributed by atoms with Crippen LogP contribution in [0.4, 0.5) is 0 Å². The van der Waals surface area contributed by atoms with E-state index in [9.17, 15) is 9.90 Å². The van der Waals surface area contributed by atoms with Crippen LogP contribution in [0.5, 0.6) is 5.75 Å². The molecule has 0 bridgehead atoms. The predicted octanol–water partition coefficient (Wildman–Crippen LogP) is 1.49. The quantitative estimate of drug-likeness (QED) is 0.786. The van der Waals surface area contributed by atoms with Crippen molar-refractivity contribution < 1.29 is 14.6 Å². The molecule has 2 aromatic heterocycles. The van der Waals surface area contributed by atoms with Gasteiger partial charge in [-0.2, -0.15) is 0 Å². The average molecular weight is 232 g/mol. The van der Waals surface area contributed by atoms with Crippen molar-refractivity contribution in [1.29, 1.82) is 0 Å². The highest BCUT2D eigenvalue weighted by atomic mass is 16.5. The van der Waals surface area contributed by atoms with Gasteiger partial charge in [-0.25, -0.2) is 4.79 Å². The van der Waals surface area contributed by atoms with E-state index in [0.29, 0.717) is 17.7 Å². The van der Waals surface area contributed by atoms with Crippen LogP contribution in [-0.4, -0.2) is 28.2 Å². The molecule has 0 amide bonds. The lowest BCUT2D eigenvalue weighted by molar-refractivity contribution is 0.0601. The Morgan fingerprint density at radius 1 is 1.59 bits per heavy atom. The summed E-state index contributed by atoms with van der Waals surface area (Å²) in [5, 5.41) is 9.57. The molecule has 5 heteroatoms. The molecule has 2 aromatic rings. The molecular weight excluding hydrogens is 220 g/mol. The van der Waals surface area contributed by atoms with Gasteiger partial charge in [-0.1, -0.05) is 0 Å². The zero-order chi connectivity index (χ0) is 12.3. The van der Waals surface area contributed by atoms with E-state index in [2.05, 4.69) is 14.7 Å². The molecule has 5 nitrogen and oxygen atoms in total. The van der Waals surface area contributed by atoms with Crippen molar-refractivity contribution in [1.82, 2.24) is 9.97 Å². The molecule has 0 aliphatic rings. The van der Waals surface area contributed by atoms with Crippen LogP contribution in [0, 0.1) is 0 Å². The normalized spacial score (nSPS) is 10.2. The minimum absolute atomic E-state index is 0.140. The Morgan fingerprint density at radius 2 is 2.41 bits per heavy atom. The Kier molecular flexibility index (Phi) is 3.09. The minimum Gasteiger partial charge on any atom is -0.506 e. The van der Waals surface area contributed by atoms with Gasteiger partial charge in [0, 0.05) is 24.5 Å². The Hall–Kier alpha value is -2.30. The number of carbonyl (C=O) groups excluding carboxylic acids is 1. The van der Waals surface area contributed by atoms with Crippen molar-refractivity contribution in [2.24, 2.45) is 0 Å². The summed E-state index contributed by atoms with van der Waals surface area (Å²) in [4.78, 5) is 18.2. The fourth-order valence-electron chi connectivity index (χ4n) is 1.53. The predicted molar refractivity (Wildman–Crippen MR) is 60.8 cm³/mol. The molecule has 2 rings (SSSR count). The number of rotatable bonds is 3. The van der Waals surface area contributed by atoms with E-state index in [1.54, 1.807) is 30.6 Å². The number of carbonyl (C=O) groups is 1. The molecular formula is C12H12N2O3. The number of aromatic amines is 1. The van der Waals surface area contributed by atoms with Crippen LogP contribution in [0.1, 0.15) is 21.7 Å². The monoisotopic (exact) mass is 232 g/mol. The van der Waals surface area contributed by atoms with Crippen molar-refractivity contribution in [3.05, 3.63) is 47.5 Å². The molecule has 0 spiro atoms. The van der Waals surface area contributed by atoms with Gasteiger partial charge in [0.05, 0.1) is 18.4 Å². The number of hydrogen-bond donors (Lipinski definition) is 2. The summed E-state index contributed by atoms with van der Waals surface area (Å²) in [5.41, 5.74) is 1.81. The molecule has 0 unspecified atom stereocenters. The summed E-state index contributed by atoms with van der Waals surface area (Å²) in [6.45, 7) is 0. The molecule has 17 heavy (non-hydrogen) atoms. The van der Waals surface area contributed by atoms with Crippen LogP contribution >= 0.6 is 0 Å². The zero-order valence-electron chi connectivity index (χ0n) is 9.30. The summed E-state index contributed by atoms with van der Waals surface area (Å²) in [7, 11) is 1.33. The maximum atomic E-state index is 11.2. The van der Waals surface area contributed by atoms with E-state index < -0.39 is 5.97 Å². The number of nitrogens with zero attached hydrogens (tertiary/aromatic N) is 1. The van der Waals surface area contributed by atoms with E-state index >= 15 is 0 Å². The lowest BCUT2D eigenvalue weighted by Gasteiger charge is -2.00. The highest BCUT2D eigenvalue weighted by Crippen LogP contribution is 2.17. The molecule has 0 aliphatic carbocycles. The van der Waals surface area contributed by atoms with Gasteiger partial charge in [0.25, 0.3) is 0 Å². The Bertz CT molecular complexity index is 534. The summed E-state index contributed by atoms with van der Waals surface area (Å²) < 4.78 is 4.60. The molecule has 0 fully saturated rings. The van der Waals surface area contributed by atoms with Crippen LogP contribution in [0.25, 0.3) is 0 Å².